The Labute approximate surface area is 129 Å². The maximum atomic E-state index is 6.23. The molecule has 0 saturated carbocycles. The predicted molar refractivity (Wildman–Crippen MR) is 89.6 cm³/mol. The molecule has 0 bridgehead atoms. The number of rotatable bonds is 4. The first kappa shape index (κ1) is 14.9. The maximum Gasteiger partial charge on any atom is 0.0366 e. The van der Waals surface area contributed by atoms with E-state index in [0.29, 0.717) is 0 Å². The fourth-order valence-corrected chi connectivity index (χ4v) is 4.07. The highest BCUT2D eigenvalue weighted by Crippen LogP contribution is 2.35. The van der Waals surface area contributed by atoms with Crippen LogP contribution in [0, 0.1) is 5.92 Å². The van der Waals surface area contributed by atoms with Crippen LogP contribution in [-0.2, 0) is 0 Å². The molecule has 0 aromatic heterocycles. The Kier molecular flexibility index (Phi) is 4.51. The van der Waals surface area contributed by atoms with E-state index in [1.165, 1.54) is 44.5 Å². The number of nitrogens with zero attached hydrogens (tertiary/aromatic N) is 2. The molecule has 2 heterocycles. The minimum atomic E-state index is 0.259. The summed E-state index contributed by atoms with van der Waals surface area (Å²) in [4.78, 5) is 5.23. The summed E-state index contributed by atoms with van der Waals surface area (Å²) in [5.41, 5.74) is 7.85. The summed E-state index contributed by atoms with van der Waals surface area (Å²) in [5.74, 6) is 0.889. The van der Waals surface area contributed by atoms with E-state index in [9.17, 15) is 0 Å². The van der Waals surface area contributed by atoms with Crippen LogP contribution in [0.3, 0.4) is 0 Å². The molecule has 0 spiro atoms. The van der Waals surface area contributed by atoms with E-state index in [1.54, 1.807) is 0 Å². The summed E-state index contributed by atoms with van der Waals surface area (Å²) in [6.07, 6.45) is 5.08. The monoisotopic (exact) mass is 287 g/mol. The fourth-order valence-electron chi connectivity index (χ4n) is 4.07. The highest BCUT2D eigenvalue weighted by atomic mass is 15.3. The van der Waals surface area contributed by atoms with Crippen LogP contribution >= 0.6 is 0 Å². The molecular formula is C18H29N3. The molecular weight excluding hydrogens is 258 g/mol. The van der Waals surface area contributed by atoms with Crippen molar-refractivity contribution in [3.63, 3.8) is 0 Å². The average Bonchev–Trinajstić information content (AvgIpc) is 3.05. The van der Waals surface area contributed by atoms with Crippen LogP contribution < -0.4 is 10.6 Å². The zero-order chi connectivity index (χ0) is 14.7. The van der Waals surface area contributed by atoms with Crippen LogP contribution in [0.4, 0.5) is 5.69 Å². The van der Waals surface area contributed by atoms with Crippen molar-refractivity contribution >= 4 is 5.69 Å². The Morgan fingerprint density at radius 3 is 2.43 bits per heavy atom. The number of hydrogen-bond acceptors (Lipinski definition) is 3. The lowest BCUT2D eigenvalue weighted by molar-refractivity contribution is 0.0903. The Balaban J connectivity index is 1.65. The third-order valence-electron chi connectivity index (χ3n) is 5.73. The standard InChI is InChI=1S/C18H29N3/c1-2-16-8-11-21(14-16)18(15-19)9-12-20(13-10-18)17-6-4-3-5-7-17/h3-7,16H,2,8-15,19H2,1H3. The highest BCUT2D eigenvalue weighted by molar-refractivity contribution is 5.46. The maximum absolute atomic E-state index is 6.23. The van der Waals surface area contributed by atoms with E-state index in [0.717, 1.165) is 25.6 Å². The number of hydrogen-bond donors (Lipinski definition) is 1. The zero-order valence-electron chi connectivity index (χ0n) is 13.3. The summed E-state index contributed by atoms with van der Waals surface area (Å²) in [7, 11) is 0. The van der Waals surface area contributed by atoms with Crippen molar-refractivity contribution in [1.82, 2.24) is 4.90 Å². The molecule has 3 heteroatoms. The number of piperidine rings is 1. The zero-order valence-corrected chi connectivity index (χ0v) is 13.3. The molecule has 1 aromatic rings. The molecule has 0 radical (unpaired) electrons. The van der Waals surface area contributed by atoms with Gasteiger partial charge >= 0.3 is 0 Å². The van der Waals surface area contributed by atoms with E-state index in [-0.39, 0.29) is 5.54 Å². The van der Waals surface area contributed by atoms with Gasteiger partial charge in [-0.15, -0.1) is 0 Å². The van der Waals surface area contributed by atoms with Crippen LogP contribution in [0.2, 0.25) is 0 Å². The van der Waals surface area contributed by atoms with Crippen molar-refractivity contribution in [2.75, 3.05) is 37.6 Å². The lowest BCUT2D eigenvalue weighted by atomic mass is 9.85. The molecule has 2 aliphatic heterocycles. The van der Waals surface area contributed by atoms with Gasteiger partial charge in [0.1, 0.15) is 0 Å². The van der Waals surface area contributed by atoms with Gasteiger partial charge in [0.15, 0.2) is 0 Å². The number of benzene rings is 1. The number of para-hydroxylation sites is 1. The molecule has 2 aliphatic rings. The van der Waals surface area contributed by atoms with Gasteiger partial charge in [0.05, 0.1) is 0 Å². The van der Waals surface area contributed by atoms with Gasteiger partial charge in [-0.05, 0) is 43.9 Å². The van der Waals surface area contributed by atoms with Gasteiger partial charge in [0, 0.05) is 37.4 Å². The van der Waals surface area contributed by atoms with E-state index in [1.807, 2.05) is 0 Å². The van der Waals surface area contributed by atoms with Crippen molar-refractivity contribution in [3.05, 3.63) is 30.3 Å². The summed E-state index contributed by atoms with van der Waals surface area (Å²) in [6, 6.07) is 10.8. The quantitative estimate of drug-likeness (QED) is 0.924. The molecule has 1 atom stereocenters. The Bertz CT molecular complexity index is 437. The van der Waals surface area contributed by atoms with E-state index in [4.69, 9.17) is 5.73 Å². The Morgan fingerprint density at radius 2 is 1.86 bits per heavy atom. The third-order valence-corrected chi connectivity index (χ3v) is 5.73. The topological polar surface area (TPSA) is 32.5 Å². The van der Waals surface area contributed by atoms with Crippen LogP contribution in [0.5, 0.6) is 0 Å². The second kappa shape index (κ2) is 6.37. The van der Waals surface area contributed by atoms with E-state index < -0.39 is 0 Å². The molecule has 2 N–H and O–H groups in total. The van der Waals surface area contributed by atoms with Gasteiger partial charge in [-0.2, -0.15) is 0 Å². The van der Waals surface area contributed by atoms with E-state index >= 15 is 0 Å². The molecule has 1 aromatic carbocycles. The van der Waals surface area contributed by atoms with Gasteiger partial charge in [-0.25, -0.2) is 0 Å². The highest BCUT2D eigenvalue weighted by Gasteiger charge is 2.41. The van der Waals surface area contributed by atoms with Crippen LogP contribution in [0.15, 0.2) is 30.3 Å². The first-order valence-electron chi connectivity index (χ1n) is 8.52. The van der Waals surface area contributed by atoms with Gasteiger partial charge < -0.3 is 10.6 Å². The lowest BCUT2D eigenvalue weighted by Gasteiger charge is -2.47. The molecule has 1 unspecified atom stereocenters. The molecule has 3 rings (SSSR count). The minimum Gasteiger partial charge on any atom is -0.371 e. The van der Waals surface area contributed by atoms with Crippen molar-refractivity contribution < 1.29 is 0 Å². The Morgan fingerprint density at radius 1 is 1.14 bits per heavy atom. The molecule has 21 heavy (non-hydrogen) atoms. The largest absolute Gasteiger partial charge is 0.371 e. The van der Waals surface area contributed by atoms with Crippen molar-refractivity contribution in [2.45, 2.75) is 38.1 Å². The van der Waals surface area contributed by atoms with Gasteiger partial charge in [0.2, 0.25) is 0 Å². The minimum absolute atomic E-state index is 0.259. The van der Waals surface area contributed by atoms with Gasteiger partial charge in [0.25, 0.3) is 0 Å². The van der Waals surface area contributed by atoms with E-state index in [2.05, 4.69) is 47.1 Å². The van der Waals surface area contributed by atoms with Crippen LogP contribution in [-0.4, -0.2) is 43.2 Å². The number of likely N-dealkylation sites (tertiary alicyclic amines) is 1. The molecule has 0 aliphatic carbocycles. The first-order chi connectivity index (χ1) is 10.3. The molecule has 116 valence electrons. The first-order valence-corrected chi connectivity index (χ1v) is 8.52. The van der Waals surface area contributed by atoms with Crippen molar-refractivity contribution in [2.24, 2.45) is 11.7 Å². The fraction of sp³-hybridized carbons (Fsp3) is 0.667. The SMILES string of the molecule is CCC1CCN(C2(CN)CCN(c3ccccc3)CC2)C1. The summed E-state index contributed by atoms with van der Waals surface area (Å²) in [5, 5.41) is 0. The van der Waals surface area contributed by atoms with Crippen LogP contribution in [0.1, 0.15) is 32.6 Å². The second-order valence-electron chi connectivity index (χ2n) is 6.76. The molecule has 2 saturated heterocycles. The van der Waals surface area contributed by atoms with Crippen LogP contribution in [0.25, 0.3) is 0 Å². The Hall–Kier alpha value is -1.06. The summed E-state index contributed by atoms with van der Waals surface area (Å²) < 4.78 is 0. The van der Waals surface area contributed by atoms with Crippen molar-refractivity contribution in [1.29, 1.82) is 0 Å². The summed E-state index contributed by atoms with van der Waals surface area (Å²) in [6.45, 7) is 7.91. The number of nitrogens with two attached hydrogens (primary N) is 1. The number of anilines is 1. The normalized spacial score (nSPS) is 26.2. The lowest BCUT2D eigenvalue weighted by Crippen LogP contribution is -2.58. The van der Waals surface area contributed by atoms with Gasteiger partial charge in [-0.3, -0.25) is 4.90 Å². The average molecular weight is 287 g/mol. The molecule has 2 fully saturated rings. The molecule has 3 nitrogen and oxygen atoms in total. The van der Waals surface area contributed by atoms with Gasteiger partial charge in [-0.1, -0.05) is 31.5 Å². The second-order valence-corrected chi connectivity index (χ2v) is 6.76. The molecule has 0 amide bonds. The third kappa shape index (κ3) is 2.95. The summed E-state index contributed by atoms with van der Waals surface area (Å²) >= 11 is 0. The smallest absolute Gasteiger partial charge is 0.0366 e. The predicted octanol–water partition coefficient (Wildman–Crippen LogP) is 2.72. The van der Waals surface area contributed by atoms with Crippen molar-refractivity contribution in [3.8, 4) is 0 Å².